The number of nitrogens with zero attached hydrogens (tertiary/aromatic N) is 2. The van der Waals surface area contributed by atoms with E-state index in [1.54, 1.807) is 6.07 Å². The molecule has 0 aliphatic carbocycles. The molecule has 0 saturated carbocycles. The minimum Gasteiger partial charge on any atom is -0.378 e. The maximum Gasteiger partial charge on any atom is 0.123 e. The molecule has 0 spiro atoms. The van der Waals surface area contributed by atoms with Gasteiger partial charge in [-0.05, 0) is 57.9 Å². The monoisotopic (exact) mass is 275 g/mol. The molecule has 0 radical (unpaired) electrons. The third kappa shape index (κ3) is 2.84. The van der Waals surface area contributed by atoms with E-state index in [0.717, 1.165) is 28.2 Å². The predicted molar refractivity (Wildman–Crippen MR) is 80.5 cm³/mol. The van der Waals surface area contributed by atoms with Crippen molar-refractivity contribution in [1.82, 2.24) is 9.78 Å². The van der Waals surface area contributed by atoms with Gasteiger partial charge in [0, 0.05) is 12.6 Å². The molecule has 0 saturated heterocycles. The zero-order valence-electron chi connectivity index (χ0n) is 12.8. The molecule has 0 aliphatic heterocycles. The van der Waals surface area contributed by atoms with E-state index in [0.29, 0.717) is 12.6 Å². The Morgan fingerprint density at radius 1 is 1.25 bits per heavy atom. The zero-order valence-corrected chi connectivity index (χ0v) is 12.8. The second-order valence-electron chi connectivity index (χ2n) is 5.51. The molecule has 0 atom stereocenters. The van der Waals surface area contributed by atoms with Crippen molar-refractivity contribution in [3.63, 3.8) is 0 Å². The number of aromatic nitrogens is 2. The van der Waals surface area contributed by atoms with Crippen molar-refractivity contribution in [2.45, 2.75) is 47.2 Å². The summed E-state index contributed by atoms with van der Waals surface area (Å²) in [6.45, 7) is 10.9. The van der Waals surface area contributed by atoms with E-state index >= 15 is 0 Å². The second-order valence-corrected chi connectivity index (χ2v) is 5.51. The van der Waals surface area contributed by atoms with E-state index in [9.17, 15) is 4.39 Å². The molecular formula is C16H22FN3. The van der Waals surface area contributed by atoms with Crippen LogP contribution in [0.2, 0.25) is 0 Å². The van der Waals surface area contributed by atoms with Crippen LogP contribution in [0.15, 0.2) is 18.2 Å². The molecule has 20 heavy (non-hydrogen) atoms. The van der Waals surface area contributed by atoms with E-state index in [4.69, 9.17) is 0 Å². The minimum absolute atomic E-state index is 0.196. The first-order valence-electron chi connectivity index (χ1n) is 6.94. The van der Waals surface area contributed by atoms with Gasteiger partial charge in [0.15, 0.2) is 0 Å². The molecular weight excluding hydrogens is 253 g/mol. The molecule has 1 N–H and O–H groups in total. The molecule has 1 heterocycles. The Bertz CT molecular complexity index is 614. The number of aryl methyl sites for hydroxylation is 2. The summed E-state index contributed by atoms with van der Waals surface area (Å²) in [6.07, 6.45) is 0. The Morgan fingerprint density at radius 3 is 2.55 bits per heavy atom. The van der Waals surface area contributed by atoms with Crippen LogP contribution in [0.3, 0.4) is 0 Å². The summed E-state index contributed by atoms with van der Waals surface area (Å²) in [7, 11) is 0. The molecule has 2 rings (SSSR count). The van der Waals surface area contributed by atoms with Crippen molar-refractivity contribution in [1.29, 1.82) is 0 Å². The summed E-state index contributed by atoms with van der Waals surface area (Å²) in [5.74, 6) is -0.196. The lowest BCUT2D eigenvalue weighted by molar-refractivity contribution is 0.516. The predicted octanol–water partition coefficient (Wildman–Crippen LogP) is 4.14. The van der Waals surface area contributed by atoms with E-state index in [1.807, 2.05) is 24.6 Å². The SMILES string of the molecule is Cc1ccc(F)cc1CNc1c(C)nn(C(C)C)c1C. The van der Waals surface area contributed by atoms with Crippen molar-refractivity contribution in [2.75, 3.05) is 5.32 Å². The maximum atomic E-state index is 13.3. The number of halogens is 1. The van der Waals surface area contributed by atoms with Crippen molar-refractivity contribution < 1.29 is 4.39 Å². The topological polar surface area (TPSA) is 29.9 Å². The molecule has 3 nitrogen and oxygen atoms in total. The quantitative estimate of drug-likeness (QED) is 0.908. The van der Waals surface area contributed by atoms with Crippen molar-refractivity contribution in [2.24, 2.45) is 0 Å². The molecule has 108 valence electrons. The lowest BCUT2D eigenvalue weighted by Gasteiger charge is -2.11. The van der Waals surface area contributed by atoms with Gasteiger partial charge in [0.05, 0.1) is 17.1 Å². The standard InChI is InChI=1S/C16H22FN3/c1-10(2)20-13(5)16(12(4)19-20)18-9-14-8-15(17)7-6-11(14)3/h6-8,10,18H,9H2,1-5H3. The van der Waals surface area contributed by atoms with Crippen LogP contribution in [0.5, 0.6) is 0 Å². The Kier molecular flexibility index (Phi) is 4.12. The normalized spacial score (nSPS) is 11.2. The van der Waals surface area contributed by atoms with Crippen molar-refractivity contribution >= 4 is 5.69 Å². The van der Waals surface area contributed by atoms with Gasteiger partial charge < -0.3 is 5.32 Å². The van der Waals surface area contributed by atoms with Crippen LogP contribution in [0.1, 0.15) is 42.4 Å². The minimum atomic E-state index is -0.196. The van der Waals surface area contributed by atoms with E-state index in [1.165, 1.54) is 6.07 Å². The highest BCUT2D eigenvalue weighted by Crippen LogP contribution is 2.23. The lowest BCUT2D eigenvalue weighted by atomic mass is 10.1. The second kappa shape index (κ2) is 5.65. The first-order chi connectivity index (χ1) is 9.40. The molecule has 2 aromatic rings. The highest BCUT2D eigenvalue weighted by atomic mass is 19.1. The third-order valence-corrected chi connectivity index (χ3v) is 3.58. The fourth-order valence-corrected chi connectivity index (χ4v) is 2.44. The highest BCUT2D eigenvalue weighted by Gasteiger charge is 2.13. The molecule has 4 heteroatoms. The summed E-state index contributed by atoms with van der Waals surface area (Å²) >= 11 is 0. The van der Waals surface area contributed by atoms with Crippen molar-refractivity contribution in [3.05, 3.63) is 46.5 Å². The Balaban J connectivity index is 2.21. The smallest absolute Gasteiger partial charge is 0.123 e. The van der Waals surface area contributed by atoms with Crippen LogP contribution in [0, 0.1) is 26.6 Å². The number of benzene rings is 1. The number of hydrogen-bond acceptors (Lipinski definition) is 2. The number of hydrogen-bond donors (Lipinski definition) is 1. The summed E-state index contributed by atoms with van der Waals surface area (Å²) in [6, 6.07) is 5.22. The summed E-state index contributed by atoms with van der Waals surface area (Å²) < 4.78 is 15.3. The van der Waals surface area contributed by atoms with Gasteiger partial charge >= 0.3 is 0 Å². The van der Waals surface area contributed by atoms with Crippen LogP contribution < -0.4 is 5.32 Å². The Morgan fingerprint density at radius 2 is 1.95 bits per heavy atom. The van der Waals surface area contributed by atoms with E-state index in [-0.39, 0.29) is 5.82 Å². The summed E-state index contributed by atoms with van der Waals surface area (Å²) in [5, 5.41) is 7.93. The Hall–Kier alpha value is -1.84. The molecule has 0 bridgehead atoms. The molecule has 0 aliphatic rings. The first-order valence-corrected chi connectivity index (χ1v) is 6.94. The van der Waals surface area contributed by atoms with Crippen LogP contribution in [-0.4, -0.2) is 9.78 Å². The molecule has 0 unspecified atom stereocenters. The van der Waals surface area contributed by atoms with Crippen molar-refractivity contribution in [3.8, 4) is 0 Å². The van der Waals surface area contributed by atoms with Gasteiger partial charge in [-0.15, -0.1) is 0 Å². The van der Waals surface area contributed by atoms with Crippen LogP contribution >= 0.6 is 0 Å². The van der Waals surface area contributed by atoms with Gasteiger partial charge in [-0.3, -0.25) is 4.68 Å². The van der Waals surface area contributed by atoms with Crippen LogP contribution in [-0.2, 0) is 6.54 Å². The van der Waals surface area contributed by atoms with Gasteiger partial charge in [0.2, 0.25) is 0 Å². The average molecular weight is 275 g/mol. The Labute approximate surface area is 119 Å². The zero-order chi connectivity index (χ0) is 14.9. The van der Waals surface area contributed by atoms with Crippen LogP contribution in [0.4, 0.5) is 10.1 Å². The number of rotatable bonds is 4. The highest BCUT2D eigenvalue weighted by molar-refractivity contribution is 5.52. The van der Waals surface area contributed by atoms with Crippen LogP contribution in [0.25, 0.3) is 0 Å². The maximum absolute atomic E-state index is 13.3. The van der Waals surface area contributed by atoms with E-state index in [2.05, 4.69) is 31.2 Å². The first kappa shape index (κ1) is 14.6. The third-order valence-electron chi connectivity index (χ3n) is 3.58. The lowest BCUT2D eigenvalue weighted by Crippen LogP contribution is -2.06. The van der Waals surface area contributed by atoms with Gasteiger partial charge in [-0.1, -0.05) is 6.07 Å². The molecule has 1 aromatic carbocycles. The fourth-order valence-electron chi connectivity index (χ4n) is 2.44. The largest absolute Gasteiger partial charge is 0.378 e. The van der Waals surface area contributed by atoms with Gasteiger partial charge in [0.1, 0.15) is 5.82 Å². The summed E-state index contributed by atoms with van der Waals surface area (Å²) in [5.41, 5.74) is 5.20. The molecule has 1 aromatic heterocycles. The average Bonchev–Trinajstić information content (AvgIpc) is 2.67. The van der Waals surface area contributed by atoms with Gasteiger partial charge in [0.25, 0.3) is 0 Å². The van der Waals surface area contributed by atoms with Gasteiger partial charge in [-0.2, -0.15) is 5.10 Å². The fraction of sp³-hybridized carbons (Fsp3) is 0.438. The molecule has 0 amide bonds. The molecule has 0 fully saturated rings. The van der Waals surface area contributed by atoms with Gasteiger partial charge in [-0.25, -0.2) is 4.39 Å². The number of nitrogens with one attached hydrogen (secondary N) is 1. The van der Waals surface area contributed by atoms with E-state index < -0.39 is 0 Å². The summed E-state index contributed by atoms with van der Waals surface area (Å²) in [4.78, 5) is 0. The number of anilines is 1.